The number of ether oxygens (including phenoxy) is 1. The first-order valence-electron chi connectivity index (χ1n) is 6.09. The summed E-state index contributed by atoms with van der Waals surface area (Å²) in [5.41, 5.74) is -1.61. The van der Waals surface area contributed by atoms with Gasteiger partial charge in [0.25, 0.3) is 5.56 Å². The van der Waals surface area contributed by atoms with Crippen LogP contribution in [0.4, 0.5) is 0 Å². The average molecular weight is 338 g/mol. The molecule has 2 heterocycles. The maximum absolute atomic E-state index is 12.2. The molecule has 1 aliphatic heterocycles. The lowest BCUT2D eigenvalue weighted by atomic mass is 10.2. The molecule has 1 aromatic heterocycles. The van der Waals surface area contributed by atoms with E-state index in [1.807, 2.05) is 0 Å². The zero-order chi connectivity index (χ0) is 15.8. The molecule has 0 unspecified atom stereocenters. The number of aliphatic hydroxyl groups is 1. The summed E-state index contributed by atoms with van der Waals surface area (Å²) >= 11 is 4.27. The minimum Gasteiger partial charge on any atom is -0.394 e. The molecular weight excluding hydrogens is 323 g/mol. The van der Waals surface area contributed by atoms with Crippen LogP contribution in [-0.2, 0) is 16.5 Å². The highest BCUT2D eigenvalue weighted by Gasteiger charge is 2.28. The van der Waals surface area contributed by atoms with Crippen molar-refractivity contribution in [2.75, 3.05) is 6.61 Å². The first-order valence-corrected chi connectivity index (χ1v) is 8.72. The van der Waals surface area contributed by atoms with Gasteiger partial charge in [0.1, 0.15) is 6.23 Å². The highest BCUT2D eigenvalue weighted by atomic mass is 32.5. The Labute approximate surface area is 124 Å². The number of hydrogen-bond acceptors (Lipinski definition) is 6. The fraction of sp³-hybridized carbons (Fsp3) is 0.600. The summed E-state index contributed by atoms with van der Waals surface area (Å²) in [4.78, 5) is 42.3. The average Bonchev–Trinajstić information content (AvgIpc) is 2.86. The maximum Gasteiger partial charge on any atom is 0.395 e. The summed E-state index contributed by atoms with van der Waals surface area (Å²) in [6.07, 6.45) is 1.27. The number of aryl methyl sites for hydroxylation is 1. The number of aromatic nitrogens is 2. The van der Waals surface area contributed by atoms with Crippen LogP contribution in [0.15, 0.2) is 15.8 Å². The van der Waals surface area contributed by atoms with E-state index in [1.54, 1.807) is 0 Å². The topological polar surface area (TPSA) is 123 Å². The number of aliphatic hydroxyl groups excluding tert-OH is 1. The van der Waals surface area contributed by atoms with E-state index >= 15 is 0 Å². The standard InChI is InChI=1S/C10H15N2O7PS/c1-6-4-11(8-3-2-7(5-13)18-8)10(15)12(9(6)14)19-20(16,17)21/h4,7-8,13H,2-3,5H2,1H3,(H2,16,17,21)/t7-,8+/m0/s1. The number of hydrogen-bond donors (Lipinski definition) is 3. The zero-order valence-electron chi connectivity index (χ0n) is 11.1. The largest absolute Gasteiger partial charge is 0.395 e. The van der Waals surface area contributed by atoms with Gasteiger partial charge in [-0.3, -0.25) is 9.36 Å². The number of rotatable bonds is 4. The molecule has 1 saturated heterocycles. The van der Waals surface area contributed by atoms with E-state index in [-0.39, 0.29) is 23.0 Å². The fourth-order valence-corrected chi connectivity index (χ4v) is 2.64. The van der Waals surface area contributed by atoms with Crippen molar-refractivity contribution in [3.8, 4) is 0 Å². The van der Waals surface area contributed by atoms with Gasteiger partial charge in [0.05, 0.1) is 12.7 Å². The Bertz CT molecular complexity index is 694. The van der Waals surface area contributed by atoms with Crippen LogP contribution in [-0.4, -0.2) is 36.9 Å². The Morgan fingerprint density at radius 3 is 2.67 bits per heavy atom. The van der Waals surface area contributed by atoms with E-state index in [4.69, 9.17) is 19.6 Å². The predicted octanol–water partition coefficient (Wildman–Crippen LogP) is -1.37. The van der Waals surface area contributed by atoms with E-state index in [0.717, 1.165) is 4.57 Å². The Kier molecular flexibility index (Phi) is 4.66. The summed E-state index contributed by atoms with van der Waals surface area (Å²) in [5, 5.41) is 9.04. The minimum atomic E-state index is -4.23. The lowest BCUT2D eigenvalue weighted by Gasteiger charge is -2.18. The molecule has 1 fully saturated rings. The van der Waals surface area contributed by atoms with E-state index in [2.05, 4.69) is 16.4 Å². The van der Waals surface area contributed by atoms with Crippen LogP contribution in [0.1, 0.15) is 24.6 Å². The second kappa shape index (κ2) is 5.99. The van der Waals surface area contributed by atoms with Crippen molar-refractivity contribution in [1.29, 1.82) is 0 Å². The molecule has 0 spiro atoms. The van der Waals surface area contributed by atoms with Gasteiger partial charge in [-0.25, -0.2) is 4.79 Å². The van der Waals surface area contributed by atoms with Crippen molar-refractivity contribution in [1.82, 2.24) is 9.30 Å². The summed E-state index contributed by atoms with van der Waals surface area (Å²) in [6, 6.07) is 0. The monoisotopic (exact) mass is 338 g/mol. The molecular formula is C10H15N2O7PS. The molecule has 0 aromatic carbocycles. The predicted molar refractivity (Wildman–Crippen MR) is 75.2 cm³/mol. The van der Waals surface area contributed by atoms with Crippen LogP contribution in [0.2, 0.25) is 0 Å². The molecule has 1 aromatic rings. The molecule has 0 saturated carbocycles. The molecule has 118 valence electrons. The van der Waals surface area contributed by atoms with Gasteiger partial charge in [0, 0.05) is 23.6 Å². The SMILES string of the molecule is Cc1cn([C@H]2CC[C@@H](CO)O2)c(=O)n(OP(O)(O)=S)c1=O. The van der Waals surface area contributed by atoms with Crippen LogP contribution < -0.4 is 15.9 Å². The third-order valence-electron chi connectivity index (χ3n) is 3.04. The quantitative estimate of drug-likeness (QED) is 0.575. The van der Waals surface area contributed by atoms with E-state index in [9.17, 15) is 9.59 Å². The van der Waals surface area contributed by atoms with Gasteiger partial charge in [-0.1, -0.05) is 4.73 Å². The van der Waals surface area contributed by atoms with Crippen LogP contribution in [0.5, 0.6) is 0 Å². The van der Waals surface area contributed by atoms with Gasteiger partial charge in [0.2, 0.25) is 0 Å². The van der Waals surface area contributed by atoms with Crippen LogP contribution in [0.25, 0.3) is 0 Å². The number of nitrogens with zero attached hydrogens (tertiary/aromatic N) is 2. The molecule has 1 aliphatic rings. The highest BCUT2D eigenvalue weighted by molar-refractivity contribution is 8.06. The van der Waals surface area contributed by atoms with Gasteiger partial charge in [-0.2, -0.15) is 0 Å². The van der Waals surface area contributed by atoms with Crippen molar-refractivity contribution >= 4 is 18.5 Å². The Morgan fingerprint density at radius 1 is 1.48 bits per heavy atom. The van der Waals surface area contributed by atoms with Crippen LogP contribution >= 0.6 is 6.72 Å². The molecule has 0 amide bonds. The molecule has 0 bridgehead atoms. The summed E-state index contributed by atoms with van der Waals surface area (Å²) < 4.78 is 11.3. The second-order valence-corrected chi connectivity index (χ2v) is 7.22. The summed E-state index contributed by atoms with van der Waals surface area (Å²) in [6.45, 7) is -2.96. The lowest BCUT2D eigenvalue weighted by molar-refractivity contribution is -0.0270. The Morgan fingerprint density at radius 2 is 2.14 bits per heavy atom. The van der Waals surface area contributed by atoms with Gasteiger partial charge in [0.15, 0.2) is 0 Å². The van der Waals surface area contributed by atoms with Crippen LogP contribution in [0, 0.1) is 6.92 Å². The molecule has 0 radical (unpaired) electrons. The van der Waals surface area contributed by atoms with Crippen molar-refractivity contribution in [2.24, 2.45) is 0 Å². The maximum atomic E-state index is 12.2. The van der Waals surface area contributed by atoms with E-state index in [1.165, 1.54) is 13.1 Å². The van der Waals surface area contributed by atoms with Crippen molar-refractivity contribution in [3.05, 3.63) is 32.6 Å². The first kappa shape index (κ1) is 16.3. The molecule has 11 heteroatoms. The Balaban J connectivity index is 2.47. The summed E-state index contributed by atoms with van der Waals surface area (Å²) in [7, 11) is 0. The van der Waals surface area contributed by atoms with E-state index in [0.29, 0.717) is 12.8 Å². The molecule has 2 atom stereocenters. The normalized spacial score (nSPS) is 22.5. The molecule has 2 rings (SSSR count). The third kappa shape index (κ3) is 3.60. The first-order chi connectivity index (χ1) is 9.73. The van der Waals surface area contributed by atoms with E-state index < -0.39 is 24.2 Å². The highest BCUT2D eigenvalue weighted by Crippen LogP contribution is 2.31. The zero-order valence-corrected chi connectivity index (χ0v) is 12.8. The lowest BCUT2D eigenvalue weighted by Crippen LogP contribution is -2.44. The Hall–Kier alpha value is -1.03. The van der Waals surface area contributed by atoms with Crippen LogP contribution in [0.3, 0.4) is 0 Å². The smallest absolute Gasteiger partial charge is 0.394 e. The minimum absolute atomic E-state index is 0.147. The van der Waals surface area contributed by atoms with Gasteiger partial charge in [-0.05, 0) is 19.8 Å². The van der Waals surface area contributed by atoms with Gasteiger partial charge < -0.3 is 24.3 Å². The molecule has 9 nitrogen and oxygen atoms in total. The van der Waals surface area contributed by atoms with Crippen molar-refractivity contribution in [2.45, 2.75) is 32.1 Å². The third-order valence-corrected chi connectivity index (χ3v) is 3.61. The van der Waals surface area contributed by atoms with Crippen molar-refractivity contribution < 1.29 is 24.3 Å². The fourth-order valence-electron chi connectivity index (χ4n) is 2.08. The molecule has 0 aliphatic carbocycles. The second-order valence-electron chi connectivity index (χ2n) is 4.65. The molecule has 21 heavy (non-hydrogen) atoms. The molecule has 3 N–H and O–H groups in total. The summed E-state index contributed by atoms with van der Waals surface area (Å²) in [5.74, 6) is 0. The van der Waals surface area contributed by atoms with Crippen molar-refractivity contribution in [3.63, 3.8) is 0 Å². The van der Waals surface area contributed by atoms with Gasteiger partial charge >= 0.3 is 12.4 Å². The van der Waals surface area contributed by atoms with Gasteiger partial charge in [-0.15, -0.1) is 0 Å².